The van der Waals surface area contributed by atoms with E-state index in [0.717, 1.165) is 12.3 Å². The van der Waals surface area contributed by atoms with Gasteiger partial charge in [-0.2, -0.15) is 13.2 Å². The molecule has 0 aromatic carbocycles. The van der Waals surface area contributed by atoms with Crippen molar-refractivity contribution in [2.75, 3.05) is 0 Å². The maximum absolute atomic E-state index is 12.5. The molecular weight excluding hydrogens is 279 g/mol. The summed E-state index contributed by atoms with van der Waals surface area (Å²) in [5.41, 5.74) is 0.174. The second kappa shape index (κ2) is 5.13. The molecule has 0 aliphatic heterocycles. The van der Waals surface area contributed by atoms with E-state index in [1.165, 1.54) is 6.07 Å². The fourth-order valence-corrected chi connectivity index (χ4v) is 1.85. The van der Waals surface area contributed by atoms with Gasteiger partial charge in [-0.15, -0.1) is 0 Å². The van der Waals surface area contributed by atoms with Crippen LogP contribution in [0.2, 0.25) is 5.15 Å². The fourth-order valence-electron chi connectivity index (χ4n) is 1.59. The molecule has 2 aromatic rings. The number of aromatic nitrogens is 3. The SMILES string of the molecule is Cc1cc(Cl)nc(Cc2ccnc(C(F)(F)F)c2)n1. The predicted molar refractivity (Wildman–Crippen MR) is 63.8 cm³/mol. The fraction of sp³-hybridized carbons (Fsp3) is 0.250. The first kappa shape index (κ1) is 13.7. The number of rotatable bonds is 2. The van der Waals surface area contributed by atoms with Crippen molar-refractivity contribution in [3.05, 3.63) is 52.3 Å². The number of halogens is 4. The zero-order chi connectivity index (χ0) is 14.0. The first-order chi connectivity index (χ1) is 8.84. The van der Waals surface area contributed by atoms with Crippen molar-refractivity contribution in [2.24, 2.45) is 0 Å². The Hall–Kier alpha value is -1.69. The third kappa shape index (κ3) is 3.64. The van der Waals surface area contributed by atoms with Gasteiger partial charge in [0.05, 0.1) is 0 Å². The van der Waals surface area contributed by atoms with E-state index < -0.39 is 11.9 Å². The number of nitrogens with zero attached hydrogens (tertiary/aromatic N) is 3. The summed E-state index contributed by atoms with van der Waals surface area (Å²) in [4.78, 5) is 11.4. The van der Waals surface area contributed by atoms with Gasteiger partial charge in [0.15, 0.2) is 0 Å². The van der Waals surface area contributed by atoms with Crippen LogP contribution in [0.5, 0.6) is 0 Å². The van der Waals surface area contributed by atoms with E-state index in [-0.39, 0.29) is 11.6 Å². The second-order valence-corrected chi connectivity index (χ2v) is 4.36. The van der Waals surface area contributed by atoms with E-state index in [1.807, 2.05) is 0 Å². The molecule has 0 aliphatic rings. The first-order valence-corrected chi connectivity index (χ1v) is 5.74. The molecule has 100 valence electrons. The summed E-state index contributed by atoms with van der Waals surface area (Å²) in [5.74, 6) is 0.379. The lowest BCUT2D eigenvalue weighted by Crippen LogP contribution is -2.08. The van der Waals surface area contributed by atoms with Gasteiger partial charge in [0.1, 0.15) is 16.7 Å². The molecule has 2 rings (SSSR count). The highest BCUT2D eigenvalue weighted by Gasteiger charge is 2.32. The van der Waals surface area contributed by atoms with Gasteiger partial charge >= 0.3 is 6.18 Å². The van der Waals surface area contributed by atoms with Gasteiger partial charge in [-0.25, -0.2) is 9.97 Å². The molecule has 0 atom stereocenters. The molecule has 0 aliphatic carbocycles. The van der Waals surface area contributed by atoms with Crippen molar-refractivity contribution in [2.45, 2.75) is 19.5 Å². The Bertz CT molecular complexity index is 579. The van der Waals surface area contributed by atoms with Gasteiger partial charge in [0, 0.05) is 18.3 Å². The molecule has 2 aromatic heterocycles. The molecule has 0 bridgehead atoms. The summed E-state index contributed by atoms with van der Waals surface area (Å²) in [6.07, 6.45) is -3.16. The van der Waals surface area contributed by atoms with Crippen molar-refractivity contribution in [1.29, 1.82) is 0 Å². The molecule has 7 heteroatoms. The second-order valence-electron chi connectivity index (χ2n) is 3.97. The molecule has 0 amide bonds. The molecule has 2 heterocycles. The largest absolute Gasteiger partial charge is 0.433 e. The lowest BCUT2D eigenvalue weighted by Gasteiger charge is -2.07. The van der Waals surface area contributed by atoms with Crippen molar-refractivity contribution in [3.63, 3.8) is 0 Å². The molecule has 0 unspecified atom stereocenters. The summed E-state index contributed by atoms with van der Waals surface area (Å²) in [5, 5.41) is 0.271. The van der Waals surface area contributed by atoms with Gasteiger partial charge in [-0.3, -0.25) is 4.98 Å². The smallest absolute Gasteiger partial charge is 0.252 e. The van der Waals surface area contributed by atoms with Crippen LogP contribution in [0.15, 0.2) is 24.4 Å². The number of hydrogen-bond acceptors (Lipinski definition) is 3. The Morgan fingerprint density at radius 1 is 1.21 bits per heavy atom. The number of hydrogen-bond donors (Lipinski definition) is 0. The maximum Gasteiger partial charge on any atom is 0.433 e. The van der Waals surface area contributed by atoms with Gasteiger partial charge in [-0.05, 0) is 30.7 Å². The molecular formula is C12H9ClF3N3. The van der Waals surface area contributed by atoms with E-state index in [9.17, 15) is 13.2 Å². The minimum absolute atomic E-state index is 0.174. The van der Waals surface area contributed by atoms with Crippen molar-refractivity contribution >= 4 is 11.6 Å². The zero-order valence-electron chi connectivity index (χ0n) is 9.87. The lowest BCUT2D eigenvalue weighted by molar-refractivity contribution is -0.141. The third-order valence-corrected chi connectivity index (χ3v) is 2.54. The third-order valence-electron chi connectivity index (χ3n) is 2.35. The Morgan fingerprint density at radius 2 is 1.95 bits per heavy atom. The van der Waals surface area contributed by atoms with Crippen molar-refractivity contribution in [1.82, 2.24) is 15.0 Å². The first-order valence-electron chi connectivity index (χ1n) is 5.37. The van der Waals surface area contributed by atoms with E-state index >= 15 is 0 Å². The Balaban J connectivity index is 2.28. The van der Waals surface area contributed by atoms with E-state index in [4.69, 9.17) is 11.6 Å². The van der Waals surface area contributed by atoms with Gasteiger partial charge in [0.25, 0.3) is 0 Å². The van der Waals surface area contributed by atoms with E-state index in [1.54, 1.807) is 13.0 Å². The molecule has 0 radical (unpaired) electrons. The highest BCUT2D eigenvalue weighted by Crippen LogP contribution is 2.28. The number of pyridine rings is 1. The highest BCUT2D eigenvalue weighted by atomic mass is 35.5. The minimum atomic E-state index is -4.46. The number of alkyl halides is 3. The van der Waals surface area contributed by atoms with Crippen LogP contribution >= 0.6 is 11.6 Å². The topological polar surface area (TPSA) is 38.7 Å². The molecule has 3 nitrogen and oxygen atoms in total. The molecule has 19 heavy (non-hydrogen) atoms. The summed E-state index contributed by atoms with van der Waals surface area (Å²) in [6, 6.07) is 4.06. The molecule has 0 saturated carbocycles. The standard InChI is InChI=1S/C12H9ClF3N3/c1-7-4-10(13)19-11(18-7)6-8-2-3-17-9(5-8)12(14,15)16/h2-5H,6H2,1H3. The van der Waals surface area contributed by atoms with Crippen LogP contribution in [0.1, 0.15) is 22.8 Å². The van der Waals surface area contributed by atoms with Crippen LogP contribution in [0.3, 0.4) is 0 Å². The average Bonchev–Trinajstić information content (AvgIpc) is 2.26. The van der Waals surface area contributed by atoms with Crippen LogP contribution in [0, 0.1) is 6.92 Å². The Kier molecular flexibility index (Phi) is 3.71. The zero-order valence-corrected chi connectivity index (χ0v) is 10.6. The van der Waals surface area contributed by atoms with Crippen LogP contribution in [-0.2, 0) is 12.6 Å². The van der Waals surface area contributed by atoms with Crippen LogP contribution in [-0.4, -0.2) is 15.0 Å². The van der Waals surface area contributed by atoms with Gasteiger partial charge < -0.3 is 0 Å². The van der Waals surface area contributed by atoms with Gasteiger partial charge in [-0.1, -0.05) is 11.6 Å². The summed E-state index contributed by atoms with van der Waals surface area (Å²) in [6.45, 7) is 1.74. The summed E-state index contributed by atoms with van der Waals surface area (Å²) >= 11 is 5.78. The quantitative estimate of drug-likeness (QED) is 0.794. The maximum atomic E-state index is 12.5. The average molecular weight is 288 g/mol. The van der Waals surface area contributed by atoms with Crippen molar-refractivity contribution in [3.8, 4) is 0 Å². The Morgan fingerprint density at radius 3 is 2.58 bits per heavy atom. The monoisotopic (exact) mass is 287 g/mol. The highest BCUT2D eigenvalue weighted by molar-refractivity contribution is 6.29. The minimum Gasteiger partial charge on any atom is -0.252 e. The Labute approximate surface area is 112 Å². The predicted octanol–water partition coefficient (Wildman–Crippen LogP) is 3.44. The summed E-state index contributed by atoms with van der Waals surface area (Å²) < 4.78 is 37.6. The van der Waals surface area contributed by atoms with Gasteiger partial charge in [0.2, 0.25) is 0 Å². The normalized spacial score (nSPS) is 11.6. The van der Waals surface area contributed by atoms with E-state index in [0.29, 0.717) is 17.1 Å². The molecule has 0 N–H and O–H groups in total. The molecule has 0 spiro atoms. The number of aryl methyl sites for hydroxylation is 1. The lowest BCUT2D eigenvalue weighted by atomic mass is 10.1. The van der Waals surface area contributed by atoms with Crippen molar-refractivity contribution < 1.29 is 13.2 Å². The van der Waals surface area contributed by atoms with Crippen LogP contribution < -0.4 is 0 Å². The van der Waals surface area contributed by atoms with Crippen LogP contribution in [0.25, 0.3) is 0 Å². The molecule has 0 fully saturated rings. The summed E-state index contributed by atoms with van der Waals surface area (Å²) in [7, 11) is 0. The molecule has 0 saturated heterocycles. The van der Waals surface area contributed by atoms with Crippen LogP contribution in [0.4, 0.5) is 13.2 Å². The van der Waals surface area contributed by atoms with E-state index in [2.05, 4.69) is 15.0 Å².